The average Bonchev–Trinajstić information content (AvgIpc) is 2.30. The summed E-state index contributed by atoms with van der Waals surface area (Å²) in [6, 6.07) is 7.51. The predicted molar refractivity (Wildman–Crippen MR) is 70.6 cm³/mol. The first-order valence-corrected chi connectivity index (χ1v) is 5.71. The van der Waals surface area contributed by atoms with Gasteiger partial charge in [-0.25, -0.2) is 4.79 Å². The predicted octanol–water partition coefficient (Wildman–Crippen LogP) is 1.73. The lowest BCUT2D eigenvalue weighted by molar-refractivity contribution is 0.340. The molecule has 0 aliphatic rings. The lowest BCUT2D eigenvalue weighted by atomic mass is 10.1. The molecular formula is C13H15N3O2. The van der Waals surface area contributed by atoms with E-state index in [9.17, 15) is 4.79 Å². The van der Waals surface area contributed by atoms with E-state index in [1.165, 1.54) is 0 Å². The molecule has 2 aromatic rings. The van der Waals surface area contributed by atoms with E-state index < -0.39 is 5.69 Å². The van der Waals surface area contributed by atoms with E-state index in [0.29, 0.717) is 12.3 Å². The van der Waals surface area contributed by atoms with Crippen LogP contribution in [0.25, 0.3) is 11.1 Å². The molecule has 3 N–H and O–H groups in total. The Morgan fingerprint density at radius 3 is 2.56 bits per heavy atom. The summed E-state index contributed by atoms with van der Waals surface area (Å²) in [6.45, 7) is 4.36. The fourth-order valence-electron chi connectivity index (χ4n) is 1.86. The third-order valence-corrected chi connectivity index (χ3v) is 2.60. The van der Waals surface area contributed by atoms with Gasteiger partial charge in [-0.2, -0.15) is 4.98 Å². The molecule has 94 valence electrons. The number of aromatic amines is 1. The van der Waals surface area contributed by atoms with Gasteiger partial charge in [0.25, 0.3) is 0 Å². The highest BCUT2D eigenvalue weighted by Crippen LogP contribution is 2.27. The van der Waals surface area contributed by atoms with Crippen LogP contribution in [0.4, 0.5) is 5.82 Å². The standard InChI is InChI=1S/C13H15N3O2/c1-3-18-10-6-4-9(5-7-10)11-8(2)15-13(17)16-12(11)14/h4-7H,3H2,1-2H3,(H3,14,15,16,17). The van der Waals surface area contributed by atoms with Crippen LogP contribution in [0.5, 0.6) is 5.75 Å². The van der Waals surface area contributed by atoms with Gasteiger partial charge in [-0.1, -0.05) is 12.1 Å². The Bertz CT molecular complexity index is 576. The summed E-state index contributed by atoms with van der Waals surface area (Å²) in [4.78, 5) is 17.5. The number of ether oxygens (including phenoxy) is 1. The molecule has 2 rings (SSSR count). The van der Waals surface area contributed by atoms with Gasteiger partial charge in [-0.05, 0) is 31.5 Å². The molecule has 0 amide bonds. The molecule has 0 fully saturated rings. The Labute approximate surface area is 105 Å². The number of aryl methyl sites for hydroxylation is 1. The fraction of sp³-hybridized carbons (Fsp3) is 0.231. The summed E-state index contributed by atoms with van der Waals surface area (Å²) >= 11 is 0. The molecule has 0 saturated carbocycles. The summed E-state index contributed by atoms with van der Waals surface area (Å²) in [5, 5.41) is 0. The quantitative estimate of drug-likeness (QED) is 0.862. The zero-order valence-corrected chi connectivity index (χ0v) is 10.4. The minimum absolute atomic E-state index is 0.236. The average molecular weight is 245 g/mol. The monoisotopic (exact) mass is 245 g/mol. The molecule has 1 aromatic carbocycles. The largest absolute Gasteiger partial charge is 0.494 e. The zero-order valence-electron chi connectivity index (χ0n) is 10.4. The molecule has 0 spiro atoms. The molecule has 0 atom stereocenters. The Morgan fingerprint density at radius 2 is 2.00 bits per heavy atom. The summed E-state index contributed by atoms with van der Waals surface area (Å²) in [6.07, 6.45) is 0. The molecule has 1 aromatic heterocycles. The first-order valence-electron chi connectivity index (χ1n) is 5.71. The molecule has 1 heterocycles. The normalized spacial score (nSPS) is 10.3. The first kappa shape index (κ1) is 12.2. The van der Waals surface area contributed by atoms with Crippen molar-refractivity contribution in [1.29, 1.82) is 0 Å². The summed E-state index contributed by atoms with van der Waals surface area (Å²) < 4.78 is 5.37. The van der Waals surface area contributed by atoms with E-state index in [1.54, 1.807) is 6.92 Å². The third-order valence-electron chi connectivity index (χ3n) is 2.60. The second-order valence-corrected chi connectivity index (χ2v) is 3.88. The molecular weight excluding hydrogens is 230 g/mol. The van der Waals surface area contributed by atoms with Crippen LogP contribution in [0.3, 0.4) is 0 Å². The van der Waals surface area contributed by atoms with Gasteiger partial charge < -0.3 is 15.5 Å². The number of anilines is 1. The number of nitrogens with zero attached hydrogens (tertiary/aromatic N) is 1. The minimum Gasteiger partial charge on any atom is -0.494 e. The topological polar surface area (TPSA) is 81.0 Å². The van der Waals surface area contributed by atoms with Gasteiger partial charge in [0, 0.05) is 11.3 Å². The smallest absolute Gasteiger partial charge is 0.347 e. The van der Waals surface area contributed by atoms with Crippen LogP contribution in [-0.4, -0.2) is 16.6 Å². The van der Waals surface area contributed by atoms with E-state index >= 15 is 0 Å². The Morgan fingerprint density at radius 1 is 1.33 bits per heavy atom. The highest BCUT2D eigenvalue weighted by molar-refractivity contribution is 5.75. The summed E-state index contributed by atoms with van der Waals surface area (Å²) in [5.41, 5.74) is 7.71. The first-order chi connectivity index (χ1) is 8.61. The highest BCUT2D eigenvalue weighted by atomic mass is 16.5. The van der Waals surface area contributed by atoms with Crippen molar-refractivity contribution in [3.05, 3.63) is 40.4 Å². The fourth-order valence-corrected chi connectivity index (χ4v) is 1.86. The minimum atomic E-state index is -0.431. The van der Waals surface area contributed by atoms with Crippen molar-refractivity contribution < 1.29 is 4.74 Å². The molecule has 0 bridgehead atoms. The van der Waals surface area contributed by atoms with Crippen LogP contribution in [0.15, 0.2) is 29.1 Å². The number of hydrogen-bond acceptors (Lipinski definition) is 4. The molecule has 0 aliphatic carbocycles. The van der Waals surface area contributed by atoms with Gasteiger partial charge >= 0.3 is 5.69 Å². The lowest BCUT2D eigenvalue weighted by Crippen LogP contribution is -2.15. The maximum Gasteiger partial charge on any atom is 0.347 e. The molecule has 0 aliphatic heterocycles. The number of nitrogens with one attached hydrogen (secondary N) is 1. The van der Waals surface area contributed by atoms with Gasteiger partial charge in [0.1, 0.15) is 11.6 Å². The van der Waals surface area contributed by atoms with Crippen LogP contribution in [-0.2, 0) is 0 Å². The number of nitrogen functional groups attached to an aromatic ring is 1. The van der Waals surface area contributed by atoms with Crippen LogP contribution in [0, 0.1) is 6.92 Å². The van der Waals surface area contributed by atoms with E-state index in [0.717, 1.165) is 16.9 Å². The van der Waals surface area contributed by atoms with Crippen molar-refractivity contribution in [2.24, 2.45) is 0 Å². The van der Waals surface area contributed by atoms with Crippen LogP contribution < -0.4 is 16.2 Å². The molecule has 0 radical (unpaired) electrons. The van der Waals surface area contributed by atoms with Gasteiger partial charge in [0.05, 0.1) is 6.61 Å². The lowest BCUT2D eigenvalue weighted by Gasteiger charge is -2.09. The number of rotatable bonds is 3. The number of aromatic nitrogens is 2. The van der Waals surface area contributed by atoms with Crippen LogP contribution in [0.1, 0.15) is 12.6 Å². The second kappa shape index (κ2) is 4.91. The van der Waals surface area contributed by atoms with Crippen molar-refractivity contribution in [2.75, 3.05) is 12.3 Å². The number of hydrogen-bond donors (Lipinski definition) is 2. The van der Waals surface area contributed by atoms with Crippen molar-refractivity contribution in [1.82, 2.24) is 9.97 Å². The maximum absolute atomic E-state index is 11.2. The van der Waals surface area contributed by atoms with Gasteiger partial charge in [-0.15, -0.1) is 0 Å². The molecule has 5 heteroatoms. The van der Waals surface area contributed by atoms with Gasteiger partial charge in [0.15, 0.2) is 0 Å². The summed E-state index contributed by atoms with van der Waals surface area (Å²) in [5.74, 6) is 1.04. The van der Waals surface area contributed by atoms with Crippen molar-refractivity contribution in [3.8, 4) is 16.9 Å². The van der Waals surface area contributed by atoms with Gasteiger partial charge in [0.2, 0.25) is 0 Å². The maximum atomic E-state index is 11.2. The van der Waals surface area contributed by atoms with E-state index in [1.807, 2.05) is 31.2 Å². The zero-order chi connectivity index (χ0) is 13.1. The van der Waals surface area contributed by atoms with E-state index in [2.05, 4.69) is 9.97 Å². The Balaban J connectivity index is 2.46. The summed E-state index contributed by atoms with van der Waals surface area (Å²) in [7, 11) is 0. The van der Waals surface area contributed by atoms with Crippen LogP contribution in [0.2, 0.25) is 0 Å². The number of nitrogens with two attached hydrogens (primary N) is 1. The molecule has 18 heavy (non-hydrogen) atoms. The highest BCUT2D eigenvalue weighted by Gasteiger charge is 2.09. The third kappa shape index (κ3) is 2.34. The second-order valence-electron chi connectivity index (χ2n) is 3.88. The molecule has 0 saturated heterocycles. The SMILES string of the molecule is CCOc1ccc(-c2c(N)nc(=O)[nH]c2C)cc1. The number of benzene rings is 1. The van der Waals surface area contributed by atoms with Crippen molar-refractivity contribution >= 4 is 5.82 Å². The van der Waals surface area contributed by atoms with E-state index in [4.69, 9.17) is 10.5 Å². The van der Waals surface area contributed by atoms with Crippen molar-refractivity contribution in [2.45, 2.75) is 13.8 Å². The Hall–Kier alpha value is -2.30. The van der Waals surface area contributed by atoms with Crippen molar-refractivity contribution in [3.63, 3.8) is 0 Å². The van der Waals surface area contributed by atoms with Crippen LogP contribution >= 0.6 is 0 Å². The molecule has 5 nitrogen and oxygen atoms in total. The van der Waals surface area contributed by atoms with E-state index in [-0.39, 0.29) is 5.82 Å². The van der Waals surface area contributed by atoms with Gasteiger partial charge in [-0.3, -0.25) is 0 Å². The Kier molecular flexibility index (Phi) is 3.32. The molecule has 0 unspecified atom stereocenters. The number of H-pyrrole nitrogens is 1.